The third-order valence-electron chi connectivity index (χ3n) is 3.20. The third-order valence-corrected chi connectivity index (χ3v) is 3.94. The molecule has 2 aromatic carbocycles. The second-order valence-corrected chi connectivity index (χ2v) is 5.59. The predicted molar refractivity (Wildman–Crippen MR) is 91.3 cm³/mol. The van der Waals surface area contributed by atoms with E-state index in [2.05, 4.69) is 27.6 Å². The molecule has 1 N–H and O–H groups in total. The van der Waals surface area contributed by atoms with Gasteiger partial charge in [0.05, 0.1) is 15.7 Å². The molecule has 3 rings (SSSR count). The molecule has 3 nitrogen and oxygen atoms in total. The maximum absolute atomic E-state index is 6.02. The van der Waals surface area contributed by atoms with E-state index in [0.717, 1.165) is 17.1 Å². The maximum atomic E-state index is 6.02. The van der Waals surface area contributed by atoms with Crippen molar-refractivity contribution >= 4 is 29.0 Å². The third kappa shape index (κ3) is 3.56. The molecular formula is C17H13Cl2N3. The Balaban J connectivity index is 1.71. The van der Waals surface area contributed by atoms with Crippen LogP contribution >= 0.6 is 23.2 Å². The molecule has 0 aliphatic carbocycles. The molecule has 0 unspecified atom stereocenters. The minimum absolute atomic E-state index is 0.507. The summed E-state index contributed by atoms with van der Waals surface area (Å²) in [5.74, 6) is 0.729. The Morgan fingerprint density at radius 3 is 2.32 bits per heavy atom. The number of anilines is 1. The lowest BCUT2D eigenvalue weighted by Crippen LogP contribution is -2.02. The molecule has 0 radical (unpaired) electrons. The summed E-state index contributed by atoms with van der Waals surface area (Å²) in [5, 5.41) is 12.7. The van der Waals surface area contributed by atoms with Crippen molar-refractivity contribution in [2.24, 2.45) is 0 Å². The number of hydrogen-bond acceptors (Lipinski definition) is 3. The number of benzene rings is 2. The van der Waals surface area contributed by atoms with E-state index in [4.69, 9.17) is 23.2 Å². The summed E-state index contributed by atoms with van der Waals surface area (Å²) >= 11 is 11.9. The van der Waals surface area contributed by atoms with Crippen LogP contribution in [0.5, 0.6) is 0 Å². The first-order valence-electron chi connectivity index (χ1n) is 6.79. The van der Waals surface area contributed by atoms with E-state index in [-0.39, 0.29) is 0 Å². The summed E-state index contributed by atoms with van der Waals surface area (Å²) in [6, 6.07) is 19.3. The van der Waals surface area contributed by atoms with Crippen molar-refractivity contribution in [2.75, 3.05) is 5.32 Å². The van der Waals surface area contributed by atoms with Crippen LogP contribution in [0, 0.1) is 0 Å². The van der Waals surface area contributed by atoms with Crippen molar-refractivity contribution in [3.05, 3.63) is 76.3 Å². The molecule has 0 aliphatic rings. The number of hydrogen-bond donors (Lipinski definition) is 1. The smallest absolute Gasteiger partial charge is 0.148 e. The number of aromatic nitrogens is 2. The lowest BCUT2D eigenvalue weighted by Gasteiger charge is -2.06. The lowest BCUT2D eigenvalue weighted by molar-refractivity contribution is 1.01. The van der Waals surface area contributed by atoms with Crippen LogP contribution in [0.4, 0.5) is 5.82 Å². The van der Waals surface area contributed by atoms with Crippen molar-refractivity contribution in [1.29, 1.82) is 0 Å². The monoisotopic (exact) mass is 329 g/mol. The average molecular weight is 330 g/mol. The van der Waals surface area contributed by atoms with E-state index in [1.54, 1.807) is 12.1 Å². The van der Waals surface area contributed by atoms with Gasteiger partial charge in [0.25, 0.3) is 0 Å². The Morgan fingerprint density at radius 2 is 1.64 bits per heavy atom. The Hall–Kier alpha value is -2.10. The number of nitrogens with one attached hydrogen (secondary N) is 1. The van der Waals surface area contributed by atoms with Crippen LogP contribution in [0.1, 0.15) is 5.56 Å². The Kier molecular flexibility index (Phi) is 4.56. The van der Waals surface area contributed by atoms with Crippen LogP contribution in [0.15, 0.2) is 60.7 Å². The zero-order valence-electron chi connectivity index (χ0n) is 11.6. The molecule has 3 aromatic rings. The SMILES string of the molecule is Clc1ccc(-c2ccc(NCc3ccccc3)nn2)cc1Cl. The second-order valence-electron chi connectivity index (χ2n) is 4.77. The van der Waals surface area contributed by atoms with Gasteiger partial charge in [0.2, 0.25) is 0 Å². The number of nitrogens with zero attached hydrogens (tertiary/aromatic N) is 2. The summed E-state index contributed by atoms with van der Waals surface area (Å²) in [4.78, 5) is 0. The highest BCUT2D eigenvalue weighted by Gasteiger charge is 2.04. The number of halogens is 2. The van der Waals surface area contributed by atoms with Gasteiger partial charge in [-0.3, -0.25) is 0 Å². The minimum Gasteiger partial charge on any atom is -0.365 e. The van der Waals surface area contributed by atoms with Gasteiger partial charge in [-0.1, -0.05) is 59.6 Å². The van der Waals surface area contributed by atoms with Crippen molar-refractivity contribution < 1.29 is 0 Å². The fraction of sp³-hybridized carbons (Fsp3) is 0.0588. The first-order valence-corrected chi connectivity index (χ1v) is 7.55. The van der Waals surface area contributed by atoms with E-state index in [9.17, 15) is 0 Å². The minimum atomic E-state index is 0.507. The van der Waals surface area contributed by atoms with Gasteiger partial charge < -0.3 is 5.32 Å². The molecule has 5 heteroatoms. The molecule has 110 valence electrons. The Bertz CT molecular complexity index is 759. The first kappa shape index (κ1) is 14.8. The van der Waals surface area contributed by atoms with Crippen molar-refractivity contribution in [3.8, 4) is 11.3 Å². The van der Waals surface area contributed by atoms with Gasteiger partial charge in [0.15, 0.2) is 0 Å². The quantitative estimate of drug-likeness (QED) is 0.726. The van der Waals surface area contributed by atoms with Crippen LogP contribution in [-0.2, 0) is 6.54 Å². The topological polar surface area (TPSA) is 37.8 Å². The zero-order chi connectivity index (χ0) is 15.4. The molecule has 0 saturated heterocycles. The van der Waals surface area contributed by atoms with Gasteiger partial charge in [-0.2, -0.15) is 0 Å². The van der Waals surface area contributed by atoms with Crippen LogP contribution in [0.2, 0.25) is 10.0 Å². The summed E-state index contributed by atoms with van der Waals surface area (Å²) in [7, 11) is 0. The molecular weight excluding hydrogens is 317 g/mol. The second kappa shape index (κ2) is 6.77. The van der Waals surface area contributed by atoms with Gasteiger partial charge >= 0.3 is 0 Å². The predicted octanol–water partition coefficient (Wildman–Crippen LogP) is 5.06. The fourth-order valence-electron chi connectivity index (χ4n) is 2.02. The molecule has 1 heterocycles. The molecule has 1 aromatic heterocycles. The average Bonchev–Trinajstić information content (AvgIpc) is 2.57. The molecule has 0 bridgehead atoms. The molecule has 0 fully saturated rings. The van der Waals surface area contributed by atoms with Gasteiger partial charge in [0, 0.05) is 12.1 Å². The normalized spacial score (nSPS) is 10.5. The van der Waals surface area contributed by atoms with Crippen LogP contribution in [0.25, 0.3) is 11.3 Å². The van der Waals surface area contributed by atoms with E-state index in [1.807, 2.05) is 36.4 Å². The fourth-order valence-corrected chi connectivity index (χ4v) is 2.32. The van der Waals surface area contributed by atoms with Crippen molar-refractivity contribution in [1.82, 2.24) is 10.2 Å². The first-order chi connectivity index (χ1) is 10.7. The summed E-state index contributed by atoms with van der Waals surface area (Å²) in [5.41, 5.74) is 2.83. The largest absolute Gasteiger partial charge is 0.365 e. The van der Waals surface area contributed by atoms with E-state index in [0.29, 0.717) is 16.6 Å². The van der Waals surface area contributed by atoms with Crippen LogP contribution in [0.3, 0.4) is 0 Å². The molecule has 0 atom stereocenters. The van der Waals surface area contributed by atoms with Gasteiger partial charge in [-0.25, -0.2) is 0 Å². The van der Waals surface area contributed by atoms with E-state index < -0.39 is 0 Å². The molecule has 0 aliphatic heterocycles. The highest BCUT2D eigenvalue weighted by atomic mass is 35.5. The molecule has 22 heavy (non-hydrogen) atoms. The highest BCUT2D eigenvalue weighted by Crippen LogP contribution is 2.27. The Labute approximate surface area is 138 Å². The summed E-state index contributed by atoms with van der Waals surface area (Å²) < 4.78 is 0. The van der Waals surface area contributed by atoms with Gasteiger partial charge in [-0.15, -0.1) is 10.2 Å². The van der Waals surface area contributed by atoms with E-state index >= 15 is 0 Å². The van der Waals surface area contributed by atoms with Crippen LogP contribution < -0.4 is 5.32 Å². The number of rotatable bonds is 4. The molecule has 0 saturated carbocycles. The Morgan fingerprint density at radius 1 is 0.818 bits per heavy atom. The van der Waals surface area contributed by atoms with E-state index in [1.165, 1.54) is 5.56 Å². The lowest BCUT2D eigenvalue weighted by atomic mass is 10.1. The van der Waals surface area contributed by atoms with Crippen molar-refractivity contribution in [2.45, 2.75) is 6.54 Å². The molecule has 0 spiro atoms. The maximum Gasteiger partial charge on any atom is 0.148 e. The summed E-state index contributed by atoms with van der Waals surface area (Å²) in [6.07, 6.45) is 0. The zero-order valence-corrected chi connectivity index (χ0v) is 13.1. The van der Waals surface area contributed by atoms with Crippen molar-refractivity contribution in [3.63, 3.8) is 0 Å². The highest BCUT2D eigenvalue weighted by molar-refractivity contribution is 6.42. The van der Waals surface area contributed by atoms with Crippen LogP contribution in [-0.4, -0.2) is 10.2 Å². The van der Waals surface area contributed by atoms with Gasteiger partial charge in [-0.05, 0) is 29.8 Å². The standard InChI is InChI=1S/C17H13Cl2N3/c18-14-7-6-13(10-15(14)19)16-8-9-17(22-21-16)20-11-12-4-2-1-3-5-12/h1-10H,11H2,(H,20,22). The summed E-state index contributed by atoms with van der Waals surface area (Å²) in [6.45, 7) is 0.710. The van der Waals surface area contributed by atoms with Gasteiger partial charge in [0.1, 0.15) is 5.82 Å². The molecule has 0 amide bonds.